The first-order valence-electron chi connectivity index (χ1n) is 5.47. The van der Waals surface area contributed by atoms with Gasteiger partial charge in [-0.2, -0.15) is 8.78 Å². The van der Waals surface area contributed by atoms with Crippen LogP contribution in [0.2, 0.25) is 0 Å². The van der Waals surface area contributed by atoms with Gasteiger partial charge in [-0.1, -0.05) is 6.07 Å². The van der Waals surface area contributed by atoms with Crippen molar-refractivity contribution in [2.45, 2.75) is 19.6 Å². The molecule has 0 fully saturated rings. The molecule has 0 amide bonds. The summed E-state index contributed by atoms with van der Waals surface area (Å²) < 4.78 is 38.7. The summed E-state index contributed by atoms with van der Waals surface area (Å²) in [6.07, 6.45) is -0.893. The lowest BCUT2D eigenvalue weighted by atomic mass is 10.1. The number of alkyl halides is 2. The zero-order chi connectivity index (χ0) is 13.5. The van der Waals surface area contributed by atoms with Gasteiger partial charge in [-0.25, -0.2) is 0 Å². The average Bonchev–Trinajstić information content (AvgIpc) is 2.35. The Morgan fingerprint density at radius 1 is 1.28 bits per heavy atom. The van der Waals surface area contributed by atoms with Crippen LogP contribution in [0, 0.1) is 0 Å². The highest BCUT2D eigenvalue weighted by atomic mass is 19.3. The number of aliphatic hydroxyl groups excluding tert-OH is 1. The first-order chi connectivity index (χ1) is 8.58. The number of hydrogen-bond donors (Lipinski definition) is 1. The molecule has 1 aromatic rings. The van der Waals surface area contributed by atoms with E-state index in [-0.39, 0.29) is 18.1 Å². The Hall–Kier alpha value is -1.40. The molecule has 0 aliphatic rings. The van der Waals surface area contributed by atoms with Crippen molar-refractivity contribution in [2.24, 2.45) is 0 Å². The zero-order valence-corrected chi connectivity index (χ0v) is 10.2. The van der Waals surface area contributed by atoms with E-state index in [2.05, 4.69) is 4.74 Å². The normalized spacial score (nSPS) is 12.6. The number of hydrogen-bond acceptors (Lipinski definition) is 4. The van der Waals surface area contributed by atoms with Gasteiger partial charge in [0, 0.05) is 6.61 Å². The van der Waals surface area contributed by atoms with Gasteiger partial charge in [0.05, 0.1) is 13.7 Å². The fourth-order valence-corrected chi connectivity index (χ4v) is 1.41. The van der Waals surface area contributed by atoms with E-state index in [1.54, 1.807) is 13.0 Å². The van der Waals surface area contributed by atoms with Crippen molar-refractivity contribution in [1.82, 2.24) is 0 Å². The van der Waals surface area contributed by atoms with Crippen molar-refractivity contribution in [3.63, 3.8) is 0 Å². The maximum absolute atomic E-state index is 12.2. The summed E-state index contributed by atoms with van der Waals surface area (Å²) in [5.74, 6) is 0.0724. The molecule has 6 heteroatoms. The van der Waals surface area contributed by atoms with E-state index >= 15 is 0 Å². The molecule has 4 nitrogen and oxygen atoms in total. The van der Waals surface area contributed by atoms with Crippen LogP contribution in [-0.4, -0.2) is 32.0 Å². The molecule has 0 spiro atoms. The third-order valence-corrected chi connectivity index (χ3v) is 2.27. The molecule has 1 aromatic carbocycles. The van der Waals surface area contributed by atoms with E-state index in [1.165, 1.54) is 19.2 Å². The van der Waals surface area contributed by atoms with Gasteiger partial charge in [0.15, 0.2) is 11.5 Å². The van der Waals surface area contributed by atoms with Gasteiger partial charge >= 0.3 is 6.61 Å². The van der Waals surface area contributed by atoms with Gasteiger partial charge in [0.2, 0.25) is 0 Å². The van der Waals surface area contributed by atoms with Gasteiger partial charge in [-0.15, -0.1) is 0 Å². The molecule has 0 bridgehead atoms. The van der Waals surface area contributed by atoms with E-state index in [0.717, 1.165) is 0 Å². The van der Waals surface area contributed by atoms with E-state index in [4.69, 9.17) is 9.47 Å². The van der Waals surface area contributed by atoms with Gasteiger partial charge in [-0.3, -0.25) is 0 Å². The molecule has 0 heterocycles. The molecular formula is C12H16F2O4. The summed E-state index contributed by atoms with van der Waals surface area (Å²) in [5, 5.41) is 9.76. The lowest BCUT2D eigenvalue weighted by Gasteiger charge is -2.15. The van der Waals surface area contributed by atoms with Gasteiger partial charge < -0.3 is 19.3 Å². The van der Waals surface area contributed by atoms with E-state index in [1.807, 2.05) is 0 Å². The number of rotatable bonds is 7. The Labute approximate surface area is 104 Å². The van der Waals surface area contributed by atoms with Gasteiger partial charge in [-0.05, 0) is 24.6 Å². The van der Waals surface area contributed by atoms with Crippen molar-refractivity contribution in [2.75, 3.05) is 20.3 Å². The smallest absolute Gasteiger partial charge is 0.387 e. The molecule has 1 rings (SSSR count). The predicted molar refractivity (Wildman–Crippen MR) is 61.1 cm³/mol. The lowest BCUT2D eigenvalue weighted by molar-refractivity contribution is -0.0514. The Kier molecular flexibility index (Phi) is 5.80. The van der Waals surface area contributed by atoms with Crippen molar-refractivity contribution in [3.05, 3.63) is 23.8 Å². The quantitative estimate of drug-likeness (QED) is 0.819. The van der Waals surface area contributed by atoms with Crippen LogP contribution in [0.5, 0.6) is 11.5 Å². The molecule has 1 N–H and O–H groups in total. The topological polar surface area (TPSA) is 47.9 Å². The maximum atomic E-state index is 12.2. The molecule has 18 heavy (non-hydrogen) atoms. The number of ether oxygens (including phenoxy) is 3. The van der Waals surface area contributed by atoms with Crippen LogP contribution in [0.15, 0.2) is 18.2 Å². The molecule has 0 saturated carbocycles. The van der Waals surface area contributed by atoms with Crippen LogP contribution in [-0.2, 0) is 4.74 Å². The summed E-state index contributed by atoms with van der Waals surface area (Å²) in [6.45, 7) is -0.588. The molecule has 0 aliphatic carbocycles. The molecule has 0 radical (unpaired) electrons. The van der Waals surface area contributed by atoms with Crippen LogP contribution < -0.4 is 9.47 Å². The van der Waals surface area contributed by atoms with Crippen molar-refractivity contribution < 1.29 is 28.1 Å². The standard InChI is InChI=1S/C12H16F2O4/c1-3-17-7-9(15)8-4-5-10(16-2)11(6-8)18-12(13)14/h4-6,9,12,15H,3,7H2,1-2H3. The minimum absolute atomic E-state index is 0.0942. The molecule has 0 aliphatic heterocycles. The van der Waals surface area contributed by atoms with Crippen LogP contribution >= 0.6 is 0 Å². The van der Waals surface area contributed by atoms with E-state index < -0.39 is 12.7 Å². The number of aliphatic hydroxyl groups is 1. The summed E-state index contributed by atoms with van der Waals surface area (Å²) >= 11 is 0. The van der Waals surface area contributed by atoms with E-state index in [0.29, 0.717) is 12.2 Å². The Bertz CT molecular complexity index is 371. The molecule has 1 unspecified atom stereocenters. The lowest BCUT2D eigenvalue weighted by Crippen LogP contribution is -2.09. The fraction of sp³-hybridized carbons (Fsp3) is 0.500. The minimum atomic E-state index is -2.95. The van der Waals surface area contributed by atoms with Crippen molar-refractivity contribution >= 4 is 0 Å². The largest absolute Gasteiger partial charge is 0.493 e. The first-order valence-corrected chi connectivity index (χ1v) is 5.47. The SMILES string of the molecule is CCOCC(O)c1ccc(OC)c(OC(F)F)c1. The highest BCUT2D eigenvalue weighted by Crippen LogP contribution is 2.31. The second kappa shape index (κ2) is 7.13. The Balaban J connectivity index is 2.87. The predicted octanol–water partition coefficient (Wildman–Crippen LogP) is 2.37. The summed E-state index contributed by atoms with van der Waals surface area (Å²) in [6, 6.07) is 4.34. The number of halogens is 2. The Morgan fingerprint density at radius 2 is 2.00 bits per heavy atom. The van der Waals surface area contributed by atoms with Crippen molar-refractivity contribution in [1.29, 1.82) is 0 Å². The van der Waals surface area contributed by atoms with Crippen LogP contribution in [0.3, 0.4) is 0 Å². The number of benzene rings is 1. The summed E-state index contributed by atoms with van der Waals surface area (Å²) in [4.78, 5) is 0. The highest BCUT2D eigenvalue weighted by Gasteiger charge is 2.15. The molecular weight excluding hydrogens is 246 g/mol. The average molecular weight is 262 g/mol. The summed E-state index contributed by atoms with van der Waals surface area (Å²) in [5.41, 5.74) is 0.430. The molecule has 1 atom stereocenters. The van der Waals surface area contributed by atoms with Crippen molar-refractivity contribution in [3.8, 4) is 11.5 Å². The minimum Gasteiger partial charge on any atom is -0.493 e. The number of methoxy groups -OCH3 is 1. The van der Waals surface area contributed by atoms with Gasteiger partial charge in [0.1, 0.15) is 6.10 Å². The second-order valence-corrected chi connectivity index (χ2v) is 3.46. The van der Waals surface area contributed by atoms with E-state index in [9.17, 15) is 13.9 Å². The third kappa shape index (κ3) is 4.12. The molecule has 102 valence electrons. The van der Waals surface area contributed by atoms with Crippen LogP contribution in [0.1, 0.15) is 18.6 Å². The Morgan fingerprint density at radius 3 is 2.56 bits per heavy atom. The zero-order valence-electron chi connectivity index (χ0n) is 10.2. The highest BCUT2D eigenvalue weighted by molar-refractivity contribution is 5.43. The molecule has 0 saturated heterocycles. The van der Waals surface area contributed by atoms with Gasteiger partial charge in [0.25, 0.3) is 0 Å². The fourth-order valence-electron chi connectivity index (χ4n) is 1.41. The van der Waals surface area contributed by atoms with Crippen LogP contribution in [0.25, 0.3) is 0 Å². The van der Waals surface area contributed by atoms with Crippen LogP contribution in [0.4, 0.5) is 8.78 Å². The molecule has 0 aromatic heterocycles. The first kappa shape index (κ1) is 14.7. The monoisotopic (exact) mass is 262 g/mol. The second-order valence-electron chi connectivity index (χ2n) is 3.46. The summed E-state index contributed by atoms with van der Waals surface area (Å²) in [7, 11) is 1.35. The third-order valence-electron chi connectivity index (χ3n) is 2.27. The maximum Gasteiger partial charge on any atom is 0.387 e.